The highest BCUT2D eigenvalue weighted by Gasteiger charge is 2.19. The molecule has 0 atom stereocenters. The Labute approximate surface area is 182 Å². The minimum atomic E-state index is -1.17. The Morgan fingerprint density at radius 2 is 1.00 bits per heavy atom. The van der Waals surface area contributed by atoms with Crippen LogP contribution in [0, 0.1) is 0 Å². The third-order valence-electron chi connectivity index (χ3n) is 5.21. The molecule has 0 aromatic rings. The molecular formula is C24H42O6. The monoisotopic (exact) mass is 426 g/mol. The molecule has 0 aliphatic rings. The number of ketones is 1. The van der Waals surface area contributed by atoms with E-state index < -0.39 is 23.7 Å². The predicted octanol–water partition coefficient (Wildman–Crippen LogP) is 6.14. The van der Waals surface area contributed by atoms with E-state index in [1.165, 1.54) is 70.6 Å². The van der Waals surface area contributed by atoms with E-state index in [2.05, 4.69) is 11.7 Å². The average Bonchev–Trinajstić information content (AvgIpc) is 2.70. The molecule has 0 fully saturated rings. The molecule has 30 heavy (non-hydrogen) atoms. The quantitative estimate of drug-likeness (QED) is 0.102. The standard InChI is InChI=1S/C24H42O6/c1-2-3-4-5-6-7-8-9-10-11-12-13-14-15-16-20-23(28)30-24(29)21(25)18-17-19-22(26)27/h2-20H2,1H3,(H,26,27). The van der Waals surface area contributed by atoms with Crippen molar-refractivity contribution in [2.24, 2.45) is 0 Å². The smallest absolute Gasteiger partial charge is 0.382 e. The Morgan fingerprint density at radius 1 is 0.567 bits per heavy atom. The van der Waals surface area contributed by atoms with Crippen LogP contribution in [0.25, 0.3) is 0 Å². The van der Waals surface area contributed by atoms with Crippen molar-refractivity contribution in [3.8, 4) is 0 Å². The number of ether oxygens (including phenoxy) is 1. The summed E-state index contributed by atoms with van der Waals surface area (Å²) in [6.07, 6.45) is 18.3. The maximum absolute atomic E-state index is 11.6. The number of unbranched alkanes of at least 4 members (excludes halogenated alkanes) is 14. The summed E-state index contributed by atoms with van der Waals surface area (Å²) in [4.78, 5) is 44.9. The van der Waals surface area contributed by atoms with Crippen molar-refractivity contribution in [3.63, 3.8) is 0 Å². The molecule has 0 rings (SSSR count). The maximum atomic E-state index is 11.6. The molecule has 0 aromatic heterocycles. The van der Waals surface area contributed by atoms with Gasteiger partial charge in [-0.15, -0.1) is 0 Å². The highest BCUT2D eigenvalue weighted by atomic mass is 16.6. The third kappa shape index (κ3) is 19.6. The number of hydrogen-bond acceptors (Lipinski definition) is 5. The number of carbonyl (C=O) groups excluding carboxylic acids is 3. The summed E-state index contributed by atoms with van der Waals surface area (Å²) in [5.74, 6) is -3.73. The lowest BCUT2D eigenvalue weighted by Gasteiger charge is -2.04. The lowest BCUT2D eigenvalue weighted by molar-refractivity contribution is -0.164. The van der Waals surface area contributed by atoms with E-state index in [9.17, 15) is 19.2 Å². The van der Waals surface area contributed by atoms with Gasteiger partial charge in [-0.3, -0.25) is 14.4 Å². The minimum absolute atomic E-state index is 0.0660. The van der Waals surface area contributed by atoms with Crippen LogP contribution in [0.5, 0.6) is 0 Å². The Balaban J connectivity index is 3.41. The highest BCUT2D eigenvalue weighted by Crippen LogP contribution is 2.14. The molecule has 0 bridgehead atoms. The van der Waals surface area contributed by atoms with Crippen molar-refractivity contribution in [1.29, 1.82) is 0 Å². The highest BCUT2D eigenvalue weighted by molar-refractivity contribution is 6.35. The zero-order valence-electron chi connectivity index (χ0n) is 18.9. The fourth-order valence-corrected chi connectivity index (χ4v) is 3.35. The van der Waals surface area contributed by atoms with E-state index in [4.69, 9.17) is 5.11 Å². The molecule has 6 heteroatoms. The predicted molar refractivity (Wildman–Crippen MR) is 117 cm³/mol. The van der Waals surface area contributed by atoms with Crippen LogP contribution in [0.1, 0.15) is 129 Å². The first-order valence-corrected chi connectivity index (χ1v) is 12.0. The summed E-state index contributed by atoms with van der Waals surface area (Å²) in [5, 5.41) is 8.49. The molecule has 1 N–H and O–H groups in total. The summed E-state index contributed by atoms with van der Waals surface area (Å²) in [7, 11) is 0. The van der Waals surface area contributed by atoms with E-state index in [0.29, 0.717) is 6.42 Å². The molecule has 0 aliphatic carbocycles. The van der Waals surface area contributed by atoms with Crippen LogP contribution in [0.3, 0.4) is 0 Å². The number of carboxylic acids is 1. The van der Waals surface area contributed by atoms with Crippen LogP contribution in [0.2, 0.25) is 0 Å². The normalized spacial score (nSPS) is 10.7. The van der Waals surface area contributed by atoms with Crippen LogP contribution < -0.4 is 0 Å². The van der Waals surface area contributed by atoms with Gasteiger partial charge in [-0.2, -0.15) is 0 Å². The van der Waals surface area contributed by atoms with Gasteiger partial charge in [0.2, 0.25) is 5.78 Å². The molecular weight excluding hydrogens is 384 g/mol. The minimum Gasteiger partial charge on any atom is -0.481 e. The van der Waals surface area contributed by atoms with Crippen LogP contribution >= 0.6 is 0 Å². The number of Topliss-reactive ketones (excluding diaryl/α,β-unsaturated/α-hetero) is 1. The first kappa shape index (κ1) is 28.3. The van der Waals surface area contributed by atoms with E-state index in [0.717, 1.165) is 19.3 Å². The van der Waals surface area contributed by atoms with Gasteiger partial charge in [0.1, 0.15) is 0 Å². The van der Waals surface area contributed by atoms with E-state index >= 15 is 0 Å². The van der Waals surface area contributed by atoms with Crippen LogP contribution in [0.4, 0.5) is 0 Å². The van der Waals surface area contributed by atoms with E-state index in [-0.39, 0.29) is 25.7 Å². The molecule has 0 saturated heterocycles. The van der Waals surface area contributed by atoms with Crippen molar-refractivity contribution in [2.75, 3.05) is 0 Å². The molecule has 0 saturated carbocycles. The van der Waals surface area contributed by atoms with Crippen molar-refractivity contribution >= 4 is 23.7 Å². The zero-order chi connectivity index (χ0) is 22.5. The van der Waals surface area contributed by atoms with Gasteiger partial charge in [0, 0.05) is 19.3 Å². The number of aliphatic carboxylic acids is 1. The SMILES string of the molecule is CCCCCCCCCCCCCCCCCC(=O)OC(=O)C(=O)CCCC(=O)O. The second kappa shape index (κ2) is 20.5. The van der Waals surface area contributed by atoms with Gasteiger partial charge in [-0.1, -0.05) is 96.8 Å². The van der Waals surface area contributed by atoms with E-state index in [1.807, 2.05) is 0 Å². The number of hydrogen-bond donors (Lipinski definition) is 1. The number of rotatable bonds is 21. The second-order valence-electron chi connectivity index (χ2n) is 8.13. The Bertz CT molecular complexity index is 486. The van der Waals surface area contributed by atoms with Gasteiger partial charge >= 0.3 is 17.9 Å². The Morgan fingerprint density at radius 3 is 1.43 bits per heavy atom. The fraction of sp³-hybridized carbons (Fsp3) is 0.833. The topological polar surface area (TPSA) is 97.7 Å². The van der Waals surface area contributed by atoms with Crippen molar-refractivity contribution < 1.29 is 29.0 Å². The van der Waals surface area contributed by atoms with Gasteiger partial charge in [0.25, 0.3) is 0 Å². The molecule has 0 aliphatic heterocycles. The van der Waals surface area contributed by atoms with Crippen molar-refractivity contribution in [1.82, 2.24) is 0 Å². The third-order valence-corrected chi connectivity index (χ3v) is 5.21. The zero-order valence-corrected chi connectivity index (χ0v) is 18.9. The molecule has 0 radical (unpaired) electrons. The van der Waals surface area contributed by atoms with Gasteiger partial charge in [0.15, 0.2) is 0 Å². The molecule has 0 spiro atoms. The van der Waals surface area contributed by atoms with Gasteiger partial charge < -0.3 is 9.84 Å². The maximum Gasteiger partial charge on any atom is 0.382 e. The largest absolute Gasteiger partial charge is 0.481 e. The lowest BCUT2D eigenvalue weighted by Crippen LogP contribution is -2.21. The summed E-state index contributed by atoms with van der Waals surface area (Å²) >= 11 is 0. The molecule has 0 unspecified atom stereocenters. The first-order chi connectivity index (χ1) is 14.5. The number of carbonyl (C=O) groups is 4. The summed E-state index contributed by atoms with van der Waals surface area (Å²) in [5.41, 5.74) is 0. The first-order valence-electron chi connectivity index (χ1n) is 12.0. The van der Waals surface area contributed by atoms with Gasteiger partial charge in [-0.25, -0.2) is 4.79 Å². The molecule has 174 valence electrons. The molecule has 0 aromatic carbocycles. The lowest BCUT2D eigenvalue weighted by atomic mass is 10.0. The Hall–Kier alpha value is -1.72. The summed E-state index contributed by atoms with van der Waals surface area (Å²) in [6, 6.07) is 0. The van der Waals surface area contributed by atoms with Gasteiger partial charge in [-0.05, 0) is 12.8 Å². The number of esters is 2. The molecule has 6 nitrogen and oxygen atoms in total. The Kier molecular flexibility index (Phi) is 19.4. The second-order valence-corrected chi connectivity index (χ2v) is 8.13. The van der Waals surface area contributed by atoms with Crippen LogP contribution in [-0.4, -0.2) is 28.8 Å². The van der Waals surface area contributed by atoms with Crippen molar-refractivity contribution in [2.45, 2.75) is 129 Å². The summed E-state index contributed by atoms with van der Waals surface area (Å²) < 4.78 is 4.51. The van der Waals surface area contributed by atoms with E-state index in [1.54, 1.807) is 0 Å². The fourth-order valence-electron chi connectivity index (χ4n) is 3.35. The summed E-state index contributed by atoms with van der Waals surface area (Å²) in [6.45, 7) is 2.25. The molecule has 0 amide bonds. The van der Waals surface area contributed by atoms with Crippen LogP contribution in [-0.2, 0) is 23.9 Å². The number of carboxylic acid groups (broad SMARTS) is 1. The van der Waals surface area contributed by atoms with Gasteiger partial charge in [0.05, 0.1) is 0 Å². The van der Waals surface area contributed by atoms with Crippen molar-refractivity contribution in [3.05, 3.63) is 0 Å². The molecule has 0 heterocycles. The van der Waals surface area contributed by atoms with Crippen LogP contribution in [0.15, 0.2) is 0 Å². The average molecular weight is 427 g/mol.